The number of hydrogen-bond acceptors (Lipinski definition) is 4. The molecule has 3 nitrogen and oxygen atoms in total. The van der Waals surface area contributed by atoms with E-state index in [1.807, 2.05) is 0 Å². The number of nitrogens with one attached hydrogen (secondary N) is 1. The molecule has 2 heterocycles. The van der Waals surface area contributed by atoms with Crippen LogP contribution in [0.4, 0.5) is 0 Å². The number of hydrogen-bond donors (Lipinski definition) is 1. The zero-order chi connectivity index (χ0) is 13.0. The lowest BCUT2D eigenvalue weighted by molar-refractivity contribution is 0.0320. The van der Waals surface area contributed by atoms with Gasteiger partial charge >= 0.3 is 0 Å². The summed E-state index contributed by atoms with van der Waals surface area (Å²) in [5.41, 5.74) is 1.13. The Bertz CT molecular complexity index is 366. The van der Waals surface area contributed by atoms with Gasteiger partial charge in [-0.3, -0.25) is 0 Å². The van der Waals surface area contributed by atoms with Gasteiger partial charge in [0, 0.05) is 23.5 Å². The minimum absolute atomic E-state index is 0.357. The average molecular weight is 268 g/mol. The van der Waals surface area contributed by atoms with Crippen LogP contribution in [0.2, 0.25) is 0 Å². The van der Waals surface area contributed by atoms with Gasteiger partial charge < -0.3 is 10.1 Å². The van der Waals surface area contributed by atoms with Gasteiger partial charge in [-0.25, -0.2) is 4.98 Å². The predicted molar refractivity (Wildman–Crippen MR) is 76.2 cm³/mol. The molecule has 1 aliphatic rings. The van der Waals surface area contributed by atoms with Gasteiger partial charge in [-0.2, -0.15) is 0 Å². The minimum atomic E-state index is 0.357. The summed E-state index contributed by atoms with van der Waals surface area (Å²) >= 11 is 1.76. The van der Waals surface area contributed by atoms with Crippen LogP contribution >= 0.6 is 11.3 Å². The molecule has 102 valence electrons. The van der Waals surface area contributed by atoms with E-state index in [1.165, 1.54) is 17.8 Å². The van der Waals surface area contributed by atoms with Gasteiger partial charge in [-0.1, -0.05) is 6.92 Å². The van der Waals surface area contributed by atoms with E-state index >= 15 is 0 Å². The van der Waals surface area contributed by atoms with Crippen LogP contribution in [-0.4, -0.2) is 29.8 Å². The van der Waals surface area contributed by atoms with E-state index in [0.29, 0.717) is 18.2 Å². The topological polar surface area (TPSA) is 34.2 Å². The van der Waals surface area contributed by atoms with Crippen LogP contribution < -0.4 is 5.32 Å². The van der Waals surface area contributed by atoms with E-state index in [0.717, 1.165) is 25.1 Å². The molecule has 0 saturated carbocycles. The summed E-state index contributed by atoms with van der Waals surface area (Å²) in [5.74, 6) is 0. The van der Waals surface area contributed by atoms with Gasteiger partial charge in [-0.05, 0) is 39.7 Å². The zero-order valence-electron chi connectivity index (χ0n) is 11.6. The maximum Gasteiger partial charge on any atom is 0.0944 e. The molecule has 1 aliphatic heterocycles. The highest BCUT2D eigenvalue weighted by Crippen LogP contribution is 2.24. The third-order valence-corrected chi connectivity index (χ3v) is 4.42. The van der Waals surface area contributed by atoms with Gasteiger partial charge in [0.05, 0.1) is 17.2 Å². The highest BCUT2D eigenvalue weighted by Gasteiger charge is 2.29. The molecule has 2 rings (SSSR count). The quantitative estimate of drug-likeness (QED) is 0.861. The summed E-state index contributed by atoms with van der Waals surface area (Å²) in [6.45, 7) is 7.49. The molecule has 1 aromatic rings. The fraction of sp³-hybridized carbons (Fsp3) is 0.786. The molecule has 3 atom stereocenters. The van der Waals surface area contributed by atoms with E-state index in [1.54, 1.807) is 11.3 Å². The predicted octanol–water partition coefficient (Wildman–Crippen LogP) is 2.93. The van der Waals surface area contributed by atoms with Crippen molar-refractivity contribution in [2.75, 3.05) is 6.54 Å². The number of thiazole rings is 1. The molecule has 1 saturated heterocycles. The number of aryl methyl sites for hydroxylation is 1. The second-order valence-electron chi connectivity index (χ2n) is 5.21. The number of ether oxygens (including phenoxy) is 1. The maximum atomic E-state index is 6.01. The van der Waals surface area contributed by atoms with Crippen LogP contribution in [0.5, 0.6) is 0 Å². The molecule has 4 heteroatoms. The third kappa shape index (κ3) is 3.77. The van der Waals surface area contributed by atoms with Crippen LogP contribution in [-0.2, 0) is 11.2 Å². The Hall–Kier alpha value is -0.450. The molecule has 18 heavy (non-hydrogen) atoms. The first-order valence-electron chi connectivity index (χ1n) is 6.99. The molecule has 1 N–H and O–H groups in total. The Morgan fingerprint density at radius 3 is 2.94 bits per heavy atom. The third-order valence-electron chi connectivity index (χ3n) is 3.43. The lowest BCUT2D eigenvalue weighted by Crippen LogP contribution is -2.42. The smallest absolute Gasteiger partial charge is 0.0944 e. The average Bonchev–Trinajstić information content (AvgIpc) is 2.93. The Balaban J connectivity index is 1.96. The summed E-state index contributed by atoms with van der Waals surface area (Å²) in [6, 6.07) is 0.417. The monoisotopic (exact) mass is 268 g/mol. The van der Waals surface area contributed by atoms with Crippen molar-refractivity contribution < 1.29 is 4.74 Å². The second kappa shape index (κ2) is 6.64. The van der Waals surface area contributed by atoms with Gasteiger partial charge in [0.1, 0.15) is 0 Å². The van der Waals surface area contributed by atoms with Crippen LogP contribution in [0, 0.1) is 6.92 Å². The molecule has 0 aromatic carbocycles. The SMILES string of the molecule is CCCNC(Cc1nc(C)cs1)C1CCC(C)O1. The molecule has 0 amide bonds. The number of aromatic nitrogens is 1. The standard InChI is InChI=1S/C14H24N2OS/c1-4-7-15-12(13-6-5-11(3)17-13)8-14-16-10(2)9-18-14/h9,11-13,15H,4-8H2,1-3H3. The molecule has 0 spiro atoms. The first-order valence-corrected chi connectivity index (χ1v) is 7.87. The van der Waals surface area contributed by atoms with E-state index < -0.39 is 0 Å². The molecular formula is C14H24N2OS. The minimum Gasteiger partial charge on any atom is -0.374 e. The van der Waals surface area contributed by atoms with E-state index in [2.05, 4.69) is 36.5 Å². The first-order chi connectivity index (χ1) is 8.69. The van der Waals surface area contributed by atoms with Crippen molar-refractivity contribution in [2.24, 2.45) is 0 Å². The summed E-state index contributed by atoms with van der Waals surface area (Å²) in [5, 5.41) is 6.99. The summed E-state index contributed by atoms with van der Waals surface area (Å²) in [4.78, 5) is 4.57. The van der Waals surface area contributed by atoms with Crippen LogP contribution in [0.15, 0.2) is 5.38 Å². The first kappa shape index (κ1) is 14.0. The normalized spacial score (nSPS) is 25.5. The zero-order valence-corrected chi connectivity index (χ0v) is 12.4. The molecule has 3 unspecified atom stereocenters. The van der Waals surface area contributed by atoms with Crippen LogP contribution in [0.25, 0.3) is 0 Å². The highest BCUT2D eigenvalue weighted by molar-refractivity contribution is 7.09. The van der Waals surface area contributed by atoms with Gasteiger partial charge in [-0.15, -0.1) is 11.3 Å². The summed E-state index contributed by atoms with van der Waals surface area (Å²) in [7, 11) is 0. The van der Waals surface area contributed by atoms with Crippen LogP contribution in [0.3, 0.4) is 0 Å². The fourth-order valence-corrected chi connectivity index (χ4v) is 3.31. The molecule has 0 aliphatic carbocycles. The van der Waals surface area contributed by atoms with Crippen molar-refractivity contribution in [3.05, 3.63) is 16.1 Å². The van der Waals surface area contributed by atoms with Crippen LogP contribution in [0.1, 0.15) is 43.8 Å². The van der Waals surface area contributed by atoms with E-state index in [9.17, 15) is 0 Å². The lowest BCUT2D eigenvalue weighted by Gasteiger charge is -2.24. The summed E-state index contributed by atoms with van der Waals surface area (Å²) in [6.07, 6.45) is 5.29. The Morgan fingerprint density at radius 1 is 1.56 bits per heavy atom. The van der Waals surface area contributed by atoms with E-state index in [-0.39, 0.29) is 0 Å². The fourth-order valence-electron chi connectivity index (χ4n) is 2.48. The van der Waals surface area contributed by atoms with Crippen molar-refractivity contribution in [3.63, 3.8) is 0 Å². The lowest BCUT2D eigenvalue weighted by atomic mass is 10.0. The Labute approximate surface area is 114 Å². The molecule has 1 aromatic heterocycles. The van der Waals surface area contributed by atoms with Gasteiger partial charge in [0.2, 0.25) is 0 Å². The van der Waals surface area contributed by atoms with Crippen molar-refractivity contribution >= 4 is 11.3 Å². The molecule has 0 radical (unpaired) electrons. The number of rotatable bonds is 6. The van der Waals surface area contributed by atoms with E-state index in [4.69, 9.17) is 4.74 Å². The van der Waals surface area contributed by atoms with Crippen molar-refractivity contribution in [2.45, 2.75) is 64.7 Å². The Kier molecular flexibility index (Phi) is 5.15. The maximum absolute atomic E-state index is 6.01. The molecular weight excluding hydrogens is 244 g/mol. The van der Waals surface area contributed by atoms with Gasteiger partial charge in [0.15, 0.2) is 0 Å². The van der Waals surface area contributed by atoms with Gasteiger partial charge in [0.25, 0.3) is 0 Å². The van der Waals surface area contributed by atoms with Crippen molar-refractivity contribution in [3.8, 4) is 0 Å². The molecule has 0 bridgehead atoms. The summed E-state index contributed by atoms with van der Waals surface area (Å²) < 4.78 is 6.01. The Morgan fingerprint density at radius 2 is 2.39 bits per heavy atom. The highest BCUT2D eigenvalue weighted by atomic mass is 32.1. The molecule has 1 fully saturated rings. The number of nitrogens with zero attached hydrogens (tertiary/aromatic N) is 1. The second-order valence-corrected chi connectivity index (χ2v) is 6.15. The largest absolute Gasteiger partial charge is 0.374 e. The van der Waals surface area contributed by atoms with Crippen molar-refractivity contribution in [1.29, 1.82) is 0 Å². The van der Waals surface area contributed by atoms with Crippen molar-refractivity contribution in [1.82, 2.24) is 10.3 Å².